The second kappa shape index (κ2) is 6.20. The molecule has 2 aromatic heterocycles. The van der Waals surface area contributed by atoms with Crippen LogP contribution in [-0.4, -0.2) is 40.2 Å². The first-order valence-corrected chi connectivity index (χ1v) is 6.64. The maximum atomic E-state index is 11.9. The fraction of sp³-hybridized carbons (Fsp3) is 0.250. The summed E-state index contributed by atoms with van der Waals surface area (Å²) in [5.41, 5.74) is -0.0174. The number of carbonyl (C=O) groups excluding carboxylic acids is 1. The summed E-state index contributed by atoms with van der Waals surface area (Å²) >= 11 is 1.30. The normalized spacial score (nSPS) is 10.2. The molecule has 2 rings (SSSR count). The van der Waals surface area contributed by atoms with Gasteiger partial charge in [-0.1, -0.05) is 0 Å². The van der Waals surface area contributed by atoms with E-state index in [1.54, 1.807) is 16.0 Å². The summed E-state index contributed by atoms with van der Waals surface area (Å²) < 4.78 is 6.68. The Kier molecular flexibility index (Phi) is 4.36. The average Bonchev–Trinajstić information content (AvgIpc) is 3.07. The van der Waals surface area contributed by atoms with Crippen LogP contribution in [0.25, 0.3) is 0 Å². The molecule has 7 nitrogen and oxygen atoms in total. The SMILES string of the molecule is COc1ccsc1C(=O)NCCn1cnc(C(=O)O)c1. The van der Waals surface area contributed by atoms with Gasteiger partial charge in [-0.05, 0) is 11.4 Å². The van der Waals surface area contributed by atoms with Crippen molar-refractivity contribution in [3.05, 3.63) is 34.5 Å². The predicted octanol–water partition coefficient (Wildman–Crippen LogP) is 1.08. The highest BCUT2D eigenvalue weighted by molar-refractivity contribution is 7.12. The monoisotopic (exact) mass is 295 g/mol. The number of methoxy groups -OCH3 is 1. The molecule has 106 valence electrons. The lowest BCUT2D eigenvalue weighted by Crippen LogP contribution is -2.26. The Balaban J connectivity index is 1.86. The van der Waals surface area contributed by atoms with Crippen molar-refractivity contribution in [2.75, 3.05) is 13.7 Å². The smallest absolute Gasteiger partial charge is 0.356 e. The second-order valence-electron chi connectivity index (χ2n) is 3.88. The number of nitrogens with zero attached hydrogens (tertiary/aromatic N) is 2. The van der Waals surface area contributed by atoms with Gasteiger partial charge in [-0.15, -0.1) is 11.3 Å². The van der Waals surface area contributed by atoms with Crippen LogP contribution in [-0.2, 0) is 6.54 Å². The zero-order chi connectivity index (χ0) is 14.5. The average molecular weight is 295 g/mol. The molecule has 0 aliphatic carbocycles. The van der Waals surface area contributed by atoms with Crippen LogP contribution < -0.4 is 10.1 Å². The number of carbonyl (C=O) groups is 2. The van der Waals surface area contributed by atoms with E-state index in [4.69, 9.17) is 9.84 Å². The molecule has 0 aliphatic rings. The van der Waals surface area contributed by atoms with E-state index in [-0.39, 0.29) is 11.6 Å². The Labute approximate surface area is 118 Å². The number of nitrogens with one attached hydrogen (secondary N) is 1. The molecule has 0 unspecified atom stereocenters. The molecule has 0 atom stereocenters. The first-order chi connectivity index (χ1) is 9.61. The van der Waals surface area contributed by atoms with Crippen LogP contribution >= 0.6 is 11.3 Å². The molecule has 8 heteroatoms. The minimum Gasteiger partial charge on any atom is -0.495 e. The van der Waals surface area contributed by atoms with E-state index in [2.05, 4.69) is 10.3 Å². The topological polar surface area (TPSA) is 93.5 Å². The highest BCUT2D eigenvalue weighted by Crippen LogP contribution is 2.23. The molecule has 2 aromatic rings. The number of imidazole rings is 1. The van der Waals surface area contributed by atoms with Crippen molar-refractivity contribution < 1.29 is 19.4 Å². The molecule has 1 amide bonds. The summed E-state index contributed by atoms with van der Waals surface area (Å²) in [5.74, 6) is -0.741. The van der Waals surface area contributed by atoms with Gasteiger partial charge in [0.05, 0.1) is 13.4 Å². The number of hydrogen-bond donors (Lipinski definition) is 2. The van der Waals surface area contributed by atoms with Crippen LogP contribution in [0.5, 0.6) is 5.75 Å². The van der Waals surface area contributed by atoms with Crippen LogP contribution in [0.4, 0.5) is 0 Å². The number of carboxylic acids is 1. The van der Waals surface area contributed by atoms with E-state index < -0.39 is 5.97 Å². The summed E-state index contributed by atoms with van der Waals surface area (Å²) in [5, 5.41) is 13.3. The van der Waals surface area contributed by atoms with Gasteiger partial charge in [-0.3, -0.25) is 4.79 Å². The lowest BCUT2D eigenvalue weighted by Gasteiger charge is -2.05. The summed E-state index contributed by atoms with van der Waals surface area (Å²) in [4.78, 5) is 26.8. The highest BCUT2D eigenvalue weighted by Gasteiger charge is 2.13. The van der Waals surface area contributed by atoms with Crippen molar-refractivity contribution in [1.82, 2.24) is 14.9 Å². The van der Waals surface area contributed by atoms with Crippen molar-refractivity contribution in [3.8, 4) is 5.75 Å². The molecule has 0 radical (unpaired) electrons. The molecule has 0 aromatic carbocycles. The fourth-order valence-corrected chi connectivity index (χ4v) is 2.37. The summed E-state index contributed by atoms with van der Waals surface area (Å²) in [6, 6.07) is 1.73. The Morgan fingerprint density at radius 2 is 2.35 bits per heavy atom. The van der Waals surface area contributed by atoms with Crippen molar-refractivity contribution in [2.24, 2.45) is 0 Å². The van der Waals surface area contributed by atoms with E-state index in [0.29, 0.717) is 23.7 Å². The lowest BCUT2D eigenvalue weighted by molar-refractivity contribution is 0.0690. The predicted molar refractivity (Wildman–Crippen MR) is 72.4 cm³/mol. The molecule has 0 saturated carbocycles. The minimum absolute atomic E-state index is 0.0174. The Morgan fingerprint density at radius 1 is 1.55 bits per heavy atom. The van der Waals surface area contributed by atoms with Crippen molar-refractivity contribution in [1.29, 1.82) is 0 Å². The first-order valence-electron chi connectivity index (χ1n) is 5.76. The quantitative estimate of drug-likeness (QED) is 0.831. The van der Waals surface area contributed by atoms with Crippen molar-refractivity contribution >= 4 is 23.2 Å². The summed E-state index contributed by atoms with van der Waals surface area (Å²) in [7, 11) is 1.51. The highest BCUT2D eigenvalue weighted by atomic mass is 32.1. The number of thiophene rings is 1. The van der Waals surface area contributed by atoms with E-state index in [1.165, 1.54) is 31.0 Å². The van der Waals surface area contributed by atoms with Gasteiger partial charge in [0, 0.05) is 19.3 Å². The third kappa shape index (κ3) is 3.15. The first kappa shape index (κ1) is 14.1. The molecular formula is C12H13N3O4S. The maximum absolute atomic E-state index is 11.9. The molecule has 0 spiro atoms. The zero-order valence-electron chi connectivity index (χ0n) is 10.7. The Bertz CT molecular complexity index is 620. The van der Waals surface area contributed by atoms with Gasteiger partial charge in [0.2, 0.25) is 0 Å². The number of aromatic nitrogens is 2. The number of hydrogen-bond acceptors (Lipinski definition) is 5. The number of aromatic carboxylic acids is 1. The molecule has 2 N–H and O–H groups in total. The third-order valence-corrected chi connectivity index (χ3v) is 3.46. The van der Waals surface area contributed by atoms with Gasteiger partial charge < -0.3 is 19.7 Å². The molecule has 0 aliphatic heterocycles. The van der Waals surface area contributed by atoms with Gasteiger partial charge in [0.1, 0.15) is 10.6 Å². The molecule has 0 bridgehead atoms. The van der Waals surface area contributed by atoms with Gasteiger partial charge in [-0.2, -0.15) is 0 Å². The molecule has 0 saturated heterocycles. The number of ether oxygens (including phenoxy) is 1. The Morgan fingerprint density at radius 3 is 3.00 bits per heavy atom. The van der Waals surface area contributed by atoms with Gasteiger partial charge in [0.15, 0.2) is 5.69 Å². The van der Waals surface area contributed by atoms with Crippen molar-refractivity contribution in [3.63, 3.8) is 0 Å². The summed E-state index contributed by atoms with van der Waals surface area (Å²) in [6.45, 7) is 0.815. The van der Waals surface area contributed by atoms with E-state index >= 15 is 0 Å². The number of rotatable bonds is 6. The largest absolute Gasteiger partial charge is 0.495 e. The number of carboxylic acid groups (broad SMARTS) is 1. The van der Waals surface area contributed by atoms with Gasteiger partial charge in [-0.25, -0.2) is 9.78 Å². The molecule has 20 heavy (non-hydrogen) atoms. The van der Waals surface area contributed by atoms with Crippen LogP contribution in [0.1, 0.15) is 20.2 Å². The van der Waals surface area contributed by atoms with Crippen LogP contribution in [0.3, 0.4) is 0 Å². The lowest BCUT2D eigenvalue weighted by atomic mass is 10.4. The molecule has 0 fully saturated rings. The molecule has 2 heterocycles. The number of amides is 1. The Hall–Kier alpha value is -2.35. The van der Waals surface area contributed by atoms with E-state index in [9.17, 15) is 9.59 Å². The van der Waals surface area contributed by atoms with E-state index in [0.717, 1.165) is 0 Å². The third-order valence-electron chi connectivity index (χ3n) is 2.56. The maximum Gasteiger partial charge on any atom is 0.356 e. The standard InChI is InChI=1S/C12H13N3O4S/c1-19-9-2-5-20-10(9)11(16)13-3-4-15-6-8(12(17)18)14-7-15/h2,5-7H,3-4H2,1H3,(H,13,16)(H,17,18). The van der Waals surface area contributed by atoms with Gasteiger partial charge >= 0.3 is 5.97 Å². The second-order valence-corrected chi connectivity index (χ2v) is 4.79. The summed E-state index contributed by atoms with van der Waals surface area (Å²) in [6.07, 6.45) is 2.83. The van der Waals surface area contributed by atoms with E-state index in [1.807, 2.05) is 0 Å². The zero-order valence-corrected chi connectivity index (χ0v) is 11.5. The molecular weight excluding hydrogens is 282 g/mol. The van der Waals surface area contributed by atoms with Gasteiger partial charge in [0.25, 0.3) is 5.91 Å². The van der Waals surface area contributed by atoms with Crippen LogP contribution in [0.2, 0.25) is 0 Å². The van der Waals surface area contributed by atoms with Crippen LogP contribution in [0.15, 0.2) is 24.0 Å². The van der Waals surface area contributed by atoms with Crippen LogP contribution in [0, 0.1) is 0 Å². The minimum atomic E-state index is -1.07. The fourth-order valence-electron chi connectivity index (χ4n) is 1.60. The van der Waals surface area contributed by atoms with Crippen molar-refractivity contribution in [2.45, 2.75) is 6.54 Å².